The van der Waals surface area contributed by atoms with E-state index in [4.69, 9.17) is 38.9 Å². The summed E-state index contributed by atoms with van der Waals surface area (Å²) in [6.45, 7) is 7.98. The first kappa shape index (κ1) is 35.5. The first-order valence-electron chi connectivity index (χ1n) is 14.3. The quantitative estimate of drug-likeness (QED) is 0.0897. The smallest absolute Gasteiger partial charge is 0.461 e. The highest BCUT2D eigenvalue weighted by Gasteiger charge is 2.21. The highest BCUT2D eigenvalue weighted by Crippen LogP contribution is 2.30. The summed E-state index contributed by atoms with van der Waals surface area (Å²) < 4.78 is 35.8. The Bertz CT molecular complexity index is 937. The maximum absolute atomic E-state index is 12.4. The number of esters is 1. The van der Waals surface area contributed by atoms with E-state index in [-0.39, 0.29) is 44.3 Å². The van der Waals surface area contributed by atoms with Crippen LogP contribution in [0.2, 0.25) is 0 Å². The predicted molar refractivity (Wildman–Crippen MR) is 149 cm³/mol. The van der Waals surface area contributed by atoms with Crippen molar-refractivity contribution in [3.63, 3.8) is 0 Å². The van der Waals surface area contributed by atoms with Crippen LogP contribution in [-0.4, -0.2) is 63.0 Å². The molecule has 0 saturated heterocycles. The van der Waals surface area contributed by atoms with Crippen LogP contribution in [-0.2, 0) is 34.9 Å². The maximum atomic E-state index is 12.4. The van der Waals surface area contributed by atoms with Crippen molar-refractivity contribution in [3.05, 3.63) is 23.8 Å². The Kier molecular flexibility index (Phi) is 18.4. The fourth-order valence-electron chi connectivity index (χ4n) is 3.27. The number of rotatable bonds is 19. The van der Waals surface area contributed by atoms with Crippen molar-refractivity contribution >= 4 is 24.4 Å². The van der Waals surface area contributed by atoms with Gasteiger partial charge in [-0.3, -0.25) is 4.79 Å². The molecular weight excluding hydrogens is 538 g/mol. The molecule has 0 aliphatic rings. The molecule has 0 saturated carbocycles. The molecule has 2 atom stereocenters. The van der Waals surface area contributed by atoms with Crippen LogP contribution in [0.5, 0.6) is 11.5 Å². The summed E-state index contributed by atoms with van der Waals surface area (Å²) in [5.74, 6) is -0.890. The van der Waals surface area contributed by atoms with E-state index in [0.29, 0.717) is 18.4 Å². The molecule has 0 radical (unpaired) electrons. The summed E-state index contributed by atoms with van der Waals surface area (Å²) in [5, 5.41) is 0. The van der Waals surface area contributed by atoms with E-state index in [1.807, 2.05) is 20.8 Å². The molecule has 0 bridgehead atoms. The summed E-state index contributed by atoms with van der Waals surface area (Å²) >= 11 is 0. The standard InChI is InChI=1S/C29H45NO11/c1-5-8-11-16-36-28(33)40-24-14-13-22(19-25(24)41-29(34)37-17-12-9-6-2)18-23(30)26(31)38-20-21(4)39-27(32)35-15-10-7-3/h13-14,19,21,23H,5-12,15-18,20,30H2,1-4H3/t21-,23-/m0/s1. The number of benzene rings is 1. The summed E-state index contributed by atoms with van der Waals surface area (Å²) in [7, 11) is 0. The second-order valence-corrected chi connectivity index (χ2v) is 9.42. The molecule has 41 heavy (non-hydrogen) atoms. The number of unbranched alkanes of at least 4 members (excludes halogenated alkanes) is 5. The number of ether oxygens (including phenoxy) is 7. The number of hydrogen-bond donors (Lipinski definition) is 1. The molecule has 0 amide bonds. The second kappa shape index (κ2) is 21.2. The first-order valence-corrected chi connectivity index (χ1v) is 14.3. The molecule has 0 heterocycles. The normalized spacial score (nSPS) is 12.0. The fourth-order valence-corrected chi connectivity index (χ4v) is 3.27. The van der Waals surface area contributed by atoms with Crippen LogP contribution >= 0.6 is 0 Å². The largest absolute Gasteiger partial charge is 0.513 e. The fraction of sp³-hybridized carbons (Fsp3) is 0.655. The Balaban J connectivity index is 2.78. The van der Waals surface area contributed by atoms with E-state index in [9.17, 15) is 19.2 Å². The molecule has 1 rings (SSSR count). The van der Waals surface area contributed by atoms with Crippen molar-refractivity contribution in [1.82, 2.24) is 0 Å². The predicted octanol–water partition coefficient (Wildman–Crippen LogP) is 5.85. The van der Waals surface area contributed by atoms with Crippen LogP contribution < -0.4 is 15.2 Å². The zero-order chi connectivity index (χ0) is 30.5. The number of nitrogens with two attached hydrogens (primary N) is 1. The highest BCUT2D eigenvalue weighted by molar-refractivity contribution is 5.76. The van der Waals surface area contributed by atoms with Crippen LogP contribution in [0.1, 0.15) is 84.6 Å². The van der Waals surface area contributed by atoms with Gasteiger partial charge in [-0.2, -0.15) is 0 Å². The van der Waals surface area contributed by atoms with E-state index < -0.39 is 36.6 Å². The Morgan fingerprint density at radius 1 is 0.707 bits per heavy atom. The van der Waals surface area contributed by atoms with Crippen molar-refractivity contribution in [2.45, 2.75) is 97.6 Å². The van der Waals surface area contributed by atoms with E-state index >= 15 is 0 Å². The second-order valence-electron chi connectivity index (χ2n) is 9.42. The van der Waals surface area contributed by atoms with Gasteiger partial charge in [0.15, 0.2) is 11.5 Å². The number of hydrogen-bond acceptors (Lipinski definition) is 12. The third-order valence-corrected chi connectivity index (χ3v) is 5.56. The molecule has 0 aromatic heterocycles. The lowest BCUT2D eigenvalue weighted by molar-refractivity contribution is -0.148. The van der Waals surface area contributed by atoms with Gasteiger partial charge in [0.2, 0.25) is 0 Å². The summed E-state index contributed by atoms with van der Waals surface area (Å²) in [6, 6.07) is 3.30. The van der Waals surface area contributed by atoms with Crippen LogP contribution in [0.25, 0.3) is 0 Å². The molecule has 0 unspecified atom stereocenters. The molecule has 1 aromatic rings. The molecule has 0 aliphatic carbocycles. The summed E-state index contributed by atoms with van der Waals surface area (Å²) in [4.78, 5) is 48.4. The lowest BCUT2D eigenvalue weighted by Gasteiger charge is -2.16. The first-order chi connectivity index (χ1) is 19.7. The van der Waals surface area contributed by atoms with Gasteiger partial charge in [0.05, 0.1) is 19.8 Å². The third kappa shape index (κ3) is 16.3. The summed E-state index contributed by atoms with van der Waals surface area (Å²) in [5.41, 5.74) is 6.51. The van der Waals surface area contributed by atoms with E-state index in [0.717, 1.165) is 38.5 Å². The van der Waals surface area contributed by atoms with Gasteiger partial charge in [0, 0.05) is 0 Å². The summed E-state index contributed by atoms with van der Waals surface area (Å²) in [6.07, 6.45) is 3.21. The molecule has 1 aromatic carbocycles. The molecule has 0 aliphatic heterocycles. The molecule has 2 N–H and O–H groups in total. The van der Waals surface area contributed by atoms with Crippen molar-refractivity contribution in [2.75, 3.05) is 26.4 Å². The average molecular weight is 584 g/mol. The van der Waals surface area contributed by atoms with Gasteiger partial charge in [-0.25, -0.2) is 14.4 Å². The van der Waals surface area contributed by atoms with Gasteiger partial charge in [-0.1, -0.05) is 58.9 Å². The van der Waals surface area contributed by atoms with Gasteiger partial charge in [-0.05, 0) is 50.3 Å². The Labute approximate surface area is 242 Å². The van der Waals surface area contributed by atoms with Gasteiger partial charge in [-0.15, -0.1) is 0 Å². The number of carbonyl (C=O) groups is 4. The monoisotopic (exact) mass is 583 g/mol. The van der Waals surface area contributed by atoms with E-state index in [2.05, 4.69) is 0 Å². The average Bonchev–Trinajstić information content (AvgIpc) is 2.93. The maximum Gasteiger partial charge on any atom is 0.513 e. The van der Waals surface area contributed by atoms with Crippen molar-refractivity contribution in [2.24, 2.45) is 5.73 Å². The molecule has 232 valence electrons. The van der Waals surface area contributed by atoms with Crippen LogP contribution in [0, 0.1) is 0 Å². The molecular formula is C29H45NO11. The molecule has 0 spiro atoms. The molecule has 12 heteroatoms. The van der Waals surface area contributed by atoms with Crippen molar-refractivity contribution in [1.29, 1.82) is 0 Å². The zero-order valence-electron chi connectivity index (χ0n) is 24.6. The van der Waals surface area contributed by atoms with Crippen LogP contribution in [0.3, 0.4) is 0 Å². The Morgan fingerprint density at radius 2 is 1.24 bits per heavy atom. The van der Waals surface area contributed by atoms with Crippen molar-refractivity contribution in [3.8, 4) is 11.5 Å². The zero-order valence-corrected chi connectivity index (χ0v) is 24.6. The Morgan fingerprint density at radius 3 is 1.83 bits per heavy atom. The third-order valence-electron chi connectivity index (χ3n) is 5.56. The minimum absolute atomic E-state index is 0.0107. The van der Waals surface area contributed by atoms with Gasteiger partial charge in [0.25, 0.3) is 0 Å². The lowest BCUT2D eigenvalue weighted by Crippen LogP contribution is -2.36. The minimum Gasteiger partial charge on any atom is -0.461 e. The van der Waals surface area contributed by atoms with Gasteiger partial charge in [0.1, 0.15) is 18.8 Å². The van der Waals surface area contributed by atoms with Crippen LogP contribution in [0.4, 0.5) is 14.4 Å². The SMILES string of the molecule is CCCCCOC(=O)Oc1ccc(C[C@H](N)C(=O)OC[C@H](C)OC(=O)OCCCC)cc1OC(=O)OCCCCC. The van der Waals surface area contributed by atoms with Crippen molar-refractivity contribution < 1.29 is 52.3 Å². The van der Waals surface area contributed by atoms with Gasteiger partial charge >= 0.3 is 24.4 Å². The molecule has 0 fully saturated rings. The number of carbonyl (C=O) groups excluding carboxylic acids is 4. The molecule has 12 nitrogen and oxygen atoms in total. The van der Waals surface area contributed by atoms with E-state index in [1.165, 1.54) is 12.1 Å². The highest BCUT2D eigenvalue weighted by atomic mass is 16.7. The topological polar surface area (TPSA) is 159 Å². The lowest BCUT2D eigenvalue weighted by atomic mass is 10.1. The van der Waals surface area contributed by atoms with E-state index in [1.54, 1.807) is 13.0 Å². The minimum atomic E-state index is -1.08. The Hall–Kier alpha value is -3.54. The van der Waals surface area contributed by atoms with Crippen LogP contribution in [0.15, 0.2) is 18.2 Å². The van der Waals surface area contributed by atoms with Gasteiger partial charge < -0.3 is 38.9 Å².